The summed E-state index contributed by atoms with van der Waals surface area (Å²) in [6.07, 6.45) is 4.41. The molecule has 3 N–H and O–H groups in total. The van der Waals surface area contributed by atoms with Gasteiger partial charge in [0.15, 0.2) is 0 Å². The first kappa shape index (κ1) is 24.2. The Morgan fingerprint density at radius 3 is 2.09 bits per heavy atom. The predicted molar refractivity (Wildman–Crippen MR) is 127 cm³/mol. The maximum absolute atomic E-state index is 12.6. The number of allylic oxidation sites excluding steroid dienone is 2. The summed E-state index contributed by atoms with van der Waals surface area (Å²) in [5.41, 5.74) is 1.16. The topological polar surface area (TPSA) is 114 Å². The molecule has 0 fully saturated rings. The average molecular weight is 471 g/mol. The highest BCUT2D eigenvalue weighted by Crippen LogP contribution is 2.29. The van der Waals surface area contributed by atoms with Crippen LogP contribution < -0.4 is 20.1 Å². The van der Waals surface area contributed by atoms with Crippen LogP contribution in [0.3, 0.4) is 0 Å². The van der Waals surface area contributed by atoms with E-state index in [-0.39, 0.29) is 17.6 Å². The van der Waals surface area contributed by atoms with Crippen molar-refractivity contribution in [2.45, 2.75) is 17.7 Å². The molecule has 0 spiro atoms. The lowest BCUT2D eigenvalue weighted by Gasteiger charge is -2.24. The number of ether oxygens (including phenoxy) is 2. The summed E-state index contributed by atoms with van der Waals surface area (Å²) < 4.78 is 10.4. The number of hydrogen-bond acceptors (Lipinski definition) is 6. The van der Waals surface area contributed by atoms with Gasteiger partial charge in [0.1, 0.15) is 11.5 Å². The molecule has 0 unspecified atom stereocenters. The van der Waals surface area contributed by atoms with E-state index < -0.39 is 17.8 Å². The van der Waals surface area contributed by atoms with E-state index in [1.165, 1.54) is 11.8 Å². The fourth-order valence-electron chi connectivity index (χ4n) is 3.47. The molecule has 0 aliphatic heterocycles. The number of hydrogen-bond donors (Lipinski definition) is 3. The molecule has 3 rings (SSSR count). The normalized spacial score (nSPS) is 17.2. The Hall–Kier alpha value is -3.46. The maximum Gasteiger partial charge on any atom is 0.307 e. The monoisotopic (exact) mass is 470 g/mol. The Balaban J connectivity index is 1.52. The minimum atomic E-state index is -0.961. The van der Waals surface area contributed by atoms with Crippen LogP contribution in [0, 0.1) is 11.8 Å². The van der Waals surface area contributed by atoms with E-state index in [2.05, 4.69) is 10.6 Å². The number of nitrogens with one attached hydrogen (secondary N) is 2. The lowest BCUT2D eigenvalue weighted by Crippen LogP contribution is -2.34. The number of methoxy groups -OCH3 is 2. The van der Waals surface area contributed by atoms with Crippen molar-refractivity contribution in [3.8, 4) is 11.5 Å². The highest BCUT2D eigenvalue weighted by molar-refractivity contribution is 8.00. The van der Waals surface area contributed by atoms with E-state index in [1.54, 1.807) is 62.8 Å². The van der Waals surface area contributed by atoms with Gasteiger partial charge in [-0.15, -0.1) is 11.8 Å². The van der Waals surface area contributed by atoms with Gasteiger partial charge in [-0.05, 0) is 37.1 Å². The van der Waals surface area contributed by atoms with Crippen molar-refractivity contribution in [1.29, 1.82) is 0 Å². The van der Waals surface area contributed by atoms with Crippen molar-refractivity contribution in [2.24, 2.45) is 11.8 Å². The molecule has 9 heteroatoms. The highest BCUT2D eigenvalue weighted by Gasteiger charge is 2.33. The Bertz CT molecular complexity index is 1020. The molecule has 0 radical (unpaired) electrons. The summed E-state index contributed by atoms with van der Waals surface area (Å²) in [5.74, 6) is -1.41. The molecule has 2 atom stereocenters. The summed E-state index contributed by atoms with van der Waals surface area (Å²) in [6, 6.07) is 12.2. The fourth-order valence-corrected chi connectivity index (χ4v) is 4.17. The summed E-state index contributed by atoms with van der Waals surface area (Å²) in [7, 11) is 3.08. The van der Waals surface area contributed by atoms with Gasteiger partial charge < -0.3 is 25.2 Å². The van der Waals surface area contributed by atoms with Crippen LogP contribution in [0.25, 0.3) is 0 Å². The van der Waals surface area contributed by atoms with Crippen LogP contribution >= 0.6 is 11.8 Å². The first-order valence-electron chi connectivity index (χ1n) is 10.3. The zero-order valence-corrected chi connectivity index (χ0v) is 19.2. The maximum atomic E-state index is 12.6. The highest BCUT2D eigenvalue weighted by atomic mass is 32.2. The Labute approximate surface area is 196 Å². The van der Waals surface area contributed by atoms with E-state index in [0.717, 1.165) is 4.90 Å². The van der Waals surface area contributed by atoms with E-state index in [4.69, 9.17) is 9.47 Å². The summed E-state index contributed by atoms with van der Waals surface area (Å²) in [5, 5.41) is 15.0. The molecule has 8 nitrogen and oxygen atoms in total. The third-order valence-corrected chi connectivity index (χ3v) is 6.23. The van der Waals surface area contributed by atoms with Crippen LogP contribution in [-0.4, -0.2) is 42.9 Å². The SMILES string of the molecule is COc1cc(NC(=O)CSc2ccc(NC(=O)[C@H]3CC=CC[C@@H]3C(=O)O)cc2)cc(OC)c1. The first-order valence-corrected chi connectivity index (χ1v) is 11.3. The molecule has 2 aromatic carbocycles. The van der Waals surface area contributed by atoms with Crippen molar-refractivity contribution in [1.82, 2.24) is 0 Å². The third-order valence-electron chi connectivity index (χ3n) is 5.21. The van der Waals surface area contributed by atoms with Crippen LogP contribution in [0.5, 0.6) is 11.5 Å². The number of amides is 2. The second-order valence-electron chi connectivity index (χ2n) is 7.45. The van der Waals surface area contributed by atoms with Gasteiger partial charge in [-0.2, -0.15) is 0 Å². The quantitative estimate of drug-likeness (QED) is 0.374. The van der Waals surface area contributed by atoms with Crippen molar-refractivity contribution < 1.29 is 29.0 Å². The van der Waals surface area contributed by atoms with Gasteiger partial charge in [-0.1, -0.05) is 12.2 Å². The van der Waals surface area contributed by atoms with E-state index in [9.17, 15) is 19.5 Å². The van der Waals surface area contributed by atoms with Gasteiger partial charge in [0, 0.05) is 34.5 Å². The van der Waals surface area contributed by atoms with Crippen molar-refractivity contribution in [3.05, 3.63) is 54.6 Å². The molecule has 0 aromatic heterocycles. The van der Waals surface area contributed by atoms with Crippen LogP contribution in [0.4, 0.5) is 11.4 Å². The minimum absolute atomic E-state index is 0.183. The van der Waals surface area contributed by atoms with E-state index >= 15 is 0 Å². The third kappa shape index (κ3) is 6.76. The lowest BCUT2D eigenvalue weighted by molar-refractivity contribution is -0.146. The molecule has 0 bridgehead atoms. The van der Waals surface area contributed by atoms with Crippen LogP contribution in [0.2, 0.25) is 0 Å². The molecule has 33 heavy (non-hydrogen) atoms. The number of carbonyl (C=O) groups excluding carboxylic acids is 2. The zero-order valence-electron chi connectivity index (χ0n) is 18.4. The smallest absolute Gasteiger partial charge is 0.307 e. The van der Waals surface area contributed by atoms with Gasteiger partial charge >= 0.3 is 5.97 Å². The lowest BCUT2D eigenvalue weighted by atomic mass is 9.82. The standard InChI is InChI=1S/C24H26N2O6S/c1-31-17-11-16(12-18(13-17)32-2)25-22(27)14-33-19-9-7-15(8-10-19)26-23(28)20-5-3-4-6-21(20)24(29)30/h3-4,7-13,20-21H,5-6,14H2,1-2H3,(H,25,27)(H,26,28)(H,29,30)/t20-,21-/m0/s1. The molecular weight excluding hydrogens is 444 g/mol. The predicted octanol–water partition coefficient (Wildman–Crippen LogP) is 4.04. The van der Waals surface area contributed by atoms with E-state index in [1.807, 2.05) is 6.08 Å². The summed E-state index contributed by atoms with van der Waals surface area (Å²) in [4.78, 5) is 37.2. The number of carboxylic acids is 1. The largest absolute Gasteiger partial charge is 0.497 e. The minimum Gasteiger partial charge on any atom is -0.497 e. The van der Waals surface area contributed by atoms with Gasteiger partial charge in [0.2, 0.25) is 11.8 Å². The summed E-state index contributed by atoms with van der Waals surface area (Å²) in [6.45, 7) is 0. The Kier molecular flexibility index (Phi) is 8.37. The van der Waals surface area contributed by atoms with Crippen LogP contribution in [0.1, 0.15) is 12.8 Å². The zero-order chi connectivity index (χ0) is 23.8. The van der Waals surface area contributed by atoms with Crippen molar-refractivity contribution in [3.63, 3.8) is 0 Å². The Morgan fingerprint density at radius 2 is 1.52 bits per heavy atom. The number of rotatable bonds is 9. The number of thioether (sulfide) groups is 1. The molecule has 0 saturated heterocycles. The molecule has 2 amide bonds. The number of aliphatic carboxylic acids is 1. The Morgan fingerprint density at radius 1 is 0.909 bits per heavy atom. The molecule has 1 aliphatic rings. The molecule has 0 saturated carbocycles. The van der Waals surface area contributed by atoms with Crippen molar-refractivity contribution >= 4 is 40.9 Å². The van der Waals surface area contributed by atoms with Gasteiger partial charge in [0.05, 0.1) is 31.8 Å². The number of anilines is 2. The molecule has 0 heterocycles. The van der Waals surface area contributed by atoms with Crippen molar-refractivity contribution in [2.75, 3.05) is 30.6 Å². The average Bonchev–Trinajstić information content (AvgIpc) is 2.83. The molecule has 2 aromatic rings. The van der Waals surface area contributed by atoms with Gasteiger partial charge in [-0.3, -0.25) is 14.4 Å². The van der Waals surface area contributed by atoms with Crippen LogP contribution in [0.15, 0.2) is 59.5 Å². The number of carbonyl (C=O) groups is 3. The molecule has 174 valence electrons. The summed E-state index contributed by atoms with van der Waals surface area (Å²) >= 11 is 1.35. The first-order chi connectivity index (χ1) is 15.9. The van der Waals surface area contributed by atoms with Gasteiger partial charge in [-0.25, -0.2) is 0 Å². The number of carboxylic acid groups (broad SMARTS) is 1. The molecule has 1 aliphatic carbocycles. The molecular formula is C24H26N2O6S. The second-order valence-corrected chi connectivity index (χ2v) is 8.49. The second kappa shape index (κ2) is 11.4. The number of benzene rings is 2. The fraction of sp³-hybridized carbons (Fsp3) is 0.292. The van der Waals surface area contributed by atoms with E-state index in [0.29, 0.717) is 35.7 Å². The van der Waals surface area contributed by atoms with Crippen LogP contribution in [-0.2, 0) is 14.4 Å². The van der Waals surface area contributed by atoms with Gasteiger partial charge in [0.25, 0.3) is 0 Å².